The fraction of sp³-hybridized carbons (Fsp3) is 0.500. The molecule has 148 valence electrons. The Hall–Kier alpha value is -2.81. The third-order valence-electron chi connectivity index (χ3n) is 4.41. The Kier molecular flexibility index (Phi) is 7.42. The summed E-state index contributed by atoms with van der Waals surface area (Å²) in [7, 11) is 1.29. The van der Waals surface area contributed by atoms with E-state index in [2.05, 4.69) is 15.4 Å². The molecule has 1 fully saturated rings. The van der Waals surface area contributed by atoms with Crippen LogP contribution in [-0.2, 0) is 14.3 Å². The van der Waals surface area contributed by atoms with Crippen LogP contribution >= 0.6 is 0 Å². The van der Waals surface area contributed by atoms with Crippen molar-refractivity contribution in [2.45, 2.75) is 31.8 Å². The van der Waals surface area contributed by atoms with Crippen molar-refractivity contribution in [3.05, 3.63) is 24.3 Å². The molecule has 3 N–H and O–H groups in total. The second-order valence-electron chi connectivity index (χ2n) is 6.27. The van der Waals surface area contributed by atoms with E-state index in [-0.39, 0.29) is 31.3 Å². The Morgan fingerprint density at radius 3 is 2.44 bits per heavy atom. The number of nitrogens with zero attached hydrogens (tertiary/aromatic N) is 1. The van der Waals surface area contributed by atoms with Gasteiger partial charge >= 0.3 is 18.0 Å². The number of rotatable bonds is 9. The highest BCUT2D eigenvalue weighted by atomic mass is 16.6. The SMILES string of the molecule is CCN(CC(=O)O)C1CC(NC(=O)Nc2ccc(OCC(=O)OC)cc2)C1. The van der Waals surface area contributed by atoms with E-state index < -0.39 is 11.9 Å². The lowest BCUT2D eigenvalue weighted by atomic mass is 9.85. The van der Waals surface area contributed by atoms with Crippen molar-refractivity contribution >= 4 is 23.7 Å². The maximum absolute atomic E-state index is 12.1. The molecule has 0 bridgehead atoms. The van der Waals surface area contributed by atoms with Gasteiger partial charge in [-0.05, 0) is 43.7 Å². The number of carboxylic acids is 1. The minimum absolute atomic E-state index is 0.0183. The van der Waals surface area contributed by atoms with Crippen LogP contribution < -0.4 is 15.4 Å². The van der Waals surface area contributed by atoms with Gasteiger partial charge in [-0.3, -0.25) is 9.69 Å². The van der Waals surface area contributed by atoms with Crippen molar-refractivity contribution in [1.82, 2.24) is 10.2 Å². The largest absolute Gasteiger partial charge is 0.482 e. The number of nitrogens with one attached hydrogen (secondary N) is 2. The standard InChI is InChI=1S/C18H25N3O6/c1-3-21(10-16(22)23)14-8-13(9-14)20-18(25)19-12-4-6-15(7-5-12)27-11-17(24)26-2/h4-7,13-14H,3,8-11H2,1-2H3,(H,22,23)(H2,19,20,25). The van der Waals surface area contributed by atoms with Crippen molar-refractivity contribution in [3.63, 3.8) is 0 Å². The molecule has 9 heteroatoms. The third-order valence-corrected chi connectivity index (χ3v) is 4.41. The molecular formula is C18H25N3O6. The van der Waals surface area contributed by atoms with Crippen LogP contribution in [0.3, 0.4) is 0 Å². The molecule has 0 aliphatic heterocycles. The maximum Gasteiger partial charge on any atom is 0.343 e. The number of hydrogen-bond donors (Lipinski definition) is 3. The fourth-order valence-corrected chi connectivity index (χ4v) is 2.86. The number of benzene rings is 1. The zero-order valence-electron chi connectivity index (χ0n) is 15.4. The number of ether oxygens (including phenoxy) is 2. The summed E-state index contributed by atoms with van der Waals surface area (Å²) in [5.74, 6) is -0.823. The number of methoxy groups -OCH3 is 1. The predicted octanol–water partition coefficient (Wildman–Crippen LogP) is 1.30. The Labute approximate surface area is 157 Å². The van der Waals surface area contributed by atoms with Gasteiger partial charge in [0, 0.05) is 17.8 Å². The molecule has 27 heavy (non-hydrogen) atoms. The second kappa shape index (κ2) is 9.77. The van der Waals surface area contributed by atoms with E-state index in [9.17, 15) is 14.4 Å². The van der Waals surface area contributed by atoms with E-state index in [4.69, 9.17) is 9.84 Å². The molecule has 0 unspecified atom stereocenters. The lowest BCUT2D eigenvalue weighted by Crippen LogP contribution is -2.55. The minimum atomic E-state index is -0.843. The highest BCUT2D eigenvalue weighted by Crippen LogP contribution is 2.25. The van der Waals surface area contributed by atoms with Gasteiger partial charge in [0.2, 0.25) is 0 Å². The van der Waals surface area contributed by atoms with Gasteiger partial charge in [0.1, 0.15) is 5.75 Å². The summed E-state index contributed by atoms with van der Waals surface area (Å²) >= 11 is 0. The average molecular weight is 379 g/mol. The summed E-state index contributed by atoms with van der Waals surface area (Å²) in [6.45, 7) is 2.43. The fourth-order valence-electron chi connectivity index (χ4n) is 2.86. The van der Waals surface area contributed by atoms with Crippen LogP contribution in [0.2, 0.25) is 0 Å². The summed E-state index contributed by atoms with van der Waals surface area (Å²) in [6, 6.07) is 6.51. The molecule has 0 atom stereocenters. The molecule has 1 aromatic rings. The number of carbonyl (C=O) groups excluding carboxylic acids is 2. The first kappa shape index (κ1) is 20.5. The molecule has 1 aromatic carbocycles. The van der Waals surface area contributed by atoms with Crippen molar-refractivity contribution in [3.8, 4) is 5.75 Å². The Morgan fingerprint density at radius 2 is 1.89 bits per heavy atom. The van der Waals surface area contributed by atoms with Gasteiger partial charge in [0.15, 0.2) is 6.61 Å². The zero-order chi connectivity index (χ0) is 19.8. The number of carboxylic acid groups (broad SMARTS) is 1. The van der Waals surface area contributed by atoms with E-state index in [1.807, 2.05) is 11.8 Å². The smallest absolute Gasteiger partial charge is 0.343 e. The number of urea groups is 1. The first-order valence-electron chi connectivity index (χ1n) is 8.74. The molecule has 1 aliphatic carbocycles. The third kappa shape index (κ3) is 6.45. The topological polar surface area (TPSA) is 117 Å². The van der Waals surface area contributed by atoms with E-state index in [0.29, 0.717) is 18.0 Å². The van der Waals surface area contributed by atoms with Crippen LogP contribution in [0.1, 0.15) is 19.8 Å². The quantitative estimate of drug-likeness (QED) is 0.554. The van der Waals surface area contributed by atoms with Gasteiger partial charge in [-0.15, -0.1) is 0 Å². The molecule has 0 heterocycles. The normalized spacial score (nSPS) is 18.3. The van der Waals surface area contributed by atoms with Crippen LogP contribution in [0, 0.1) is 0 Å². The van der Waals surface area contributed by atoms with Gasteiger partial charge in [0.25, 0.3) is 0 Å². The summed E-state index contributed by atoms with van der Waals surface area (Å²) in [5.41, 5.74) is 0.592. The van der Waals surface area contributed by atoms with Crippen molar-refractivity contribution in [2.75, 3.05) is 32.1 Å². The molecule has 1 saturated carbocycles. The Balaban J connectivity index is 1.72. The van der Waals surface area contributed by atoms with Gasteiger partial charge in [-0.2, -0.15) is 0 Å². The molecule has 0 spiro atoms. The molecule has 1 aliphatic rings. The van der Waals surface area contributed by atoms with Crippen LogP contribution in [0.15, 0.2) is 24.3 Å². The van der Waals surface area contributed by atoms with Crippen LogP contribution in [0.5, 0.6) is 5.75 Å². The van der Waals surface area contributed by atoms with E-state index in [1.54, 1.807) is 24.3 Å². The lowest BCUT2D eigenvalue weighted by Gasteiger charge is -2.42. The number of amides is 2. The molecule has 2 amide bonds. The van der Waals surface area contributed by atoms with Crippen molar-refractivity contribution in [2.24, 2.45) is 0 Å². The number of esters is 1. The monoisotopic (exact) mass is 379 g/mol. The number of anilines is 1. The van der Waals surface area contributed by atoms with Gasteiger partial charge in [0.05, 0.1) is 13.7 Å². The number of aliphatic carboxylic acids is 1. The Morgan fingerprint density at radius 1 is 1.22 bits per heavy atom. The second-order valence-corrected chi connectivity index (χ2v) is 6.27. The predicted molar refractivity (Wildman–Crippen MR) is 97.8 cm³/mol. The number of likely N-dealkylation sites (N-methyl/N-ethyl adjacent to an activating group) is 1. The maximum atomic E-state index is 12.1. The first-order chi connectivity index (χ1) is 12.9. The van der Waals surface area contributed by atoms with Crippen LogP contribution in [0.25, 0.3) is 0 Å². The minimum Gasteiger partial charge on any atom is -0.482 e. The van der Waals surface area contributed by atoms with Gasteiger partial charge in [-0.1, -0.05) is 6.92 Å². The van der Waals surface area contributed by atoms with Crippen LogP contribution in [0.4, 0.5) is 10.5 Å². The van der Waals surface area contributed by atoms with Crippen LogP contribution in [-0.4, -0.2) is 66.9 Å². The molecule has 9 nitrogen and oxygen atoms in total. The molecule has 2 rings (SSSR count). The Bertz CT molecular complexity index is 658. The summed E-state index contributed by atoms with van der Waals surface area (Å²) in [6.07, 6.45) is 1.46. The van der Waals surface area contributed by atoms with Crippen molar-refractivity contribution in [1.29, 1.82) is 0 Å². The lowest BCUT2D eigenvalue weighted by molar-refractivity contribution is -0.143. The summed E-state index contributed by atoms with van der Waals surface area (Å²) in [5, 5.41) is 14.5. The highest BCUT2D eigenvalue weighted by Gasteiger charge is 2.34. The summed E-state index contributed by atoms with van der Waals surface area (Å²) in [4.78, 5) is 35.8. The molecular weight excluding hydrogens is 354 g/mol. The molecule has 0 saturated heterocycles. The van der Waals surface area contributed by atoms with Gasteiger partial charge in [-0.25, -0.2) is 9.59 Å². The number of hydrogen-bond acceptors (Lipinski definition) is 6. The summed E-state index contributed by atoms with van der Waals surface area (Å²) < 4.78 is 9.72. The van der Waals surface area contributed by atoms with Crippen molar-refractivity contribution < 1.29 is 29.0 Å². The molecule has 0 radical (unpaired) electrons. The van der Waals surface area contributed by atoms with Gasteiger partial charge < -0.3 is 25.2 Å². The van der Waals surface area contributed by atoms with E-state index in [1.165, 1.54) is 7.11 Å². The zero-order valence-corrected chi connectivity index (χ0v) is 15.4. The first-order valence-corrected chi connectivity index (χ1v) is 8.74. The molecule has 0 aromatic heterocycles. The highest BCUT2D eigenvalue weighted by molar-refractivity contribution is 5.89. The van der Waals surface area contributed by atoms with E-state index >= 15 is 0 Å². The number of carbonyl (C=O) groups is 3. The van der Waals surface area contributed by atoms with E-state index in [0.717, 1.165) is 12.8 Å². The average Bonchev–Trinajstić information content (AvgIpc) is 2.61.